The Labute approximate surface area is 68.1 Å². The SMILES string of the molecule is C1=CNC2(CCCCC2)CN1. The molecule has 1 saturated carbocycles. The maximum atomic E-state index is 3.49. The third-order valence-corrected chi connectivity index (χ3v) is 2.84. The molecule has 0 aromatic rings. The average Bonchev–Trinajstić information content (AvgIpc) is 2.07. The molecule has 11 heavy (non-hydrogen) atoms. The van der Waals surface area contributed by atoms with Gasteiger partial charge in [0.05, 0.1) is 5.54 Å². The van der Waals surface area contributed by atoms with Gasteiger partial charge < -0.3 is 10.6 Å². The Hall–Kier alpha value is -0.660. The summed E-state index contributed by atoms with van der Waals surface area (Å²) in [4.78, 5) is 0. The summed E-state index contributed by atoms with van der Waals surface area (Å²) < 4.78 is 0. The van der Waals surface area contributed by atoms with E-state index in [1.807, 2.05) is 6.20 Å². The number of hydrogen-bond donors (Lipinski definition) is 2. The van der Waals surface area contributed by atoms with Crippen molar-refractivity contribution in [3.63, 3.8) is 0 Å². The molecular formula is C9H16N2. The molecule has 0 aromatic carbocycles. The molecule has 0 aromatic heterocycles. The normalized spacial score (nSPS) is 27.6. The van der Waals surface area contributed by atoms with E-state index in [1.165, 1.54) is 32.1 Å². The van der Waals surface area contributed by atoms with E-state index in [0.717, 1.165) is 6.54 Å². The second kappa shape index (κ2) is 2.76. The lowest BCUT2D eigenvalue weighted by atomic mass is 9.81. The zero-order valence-corrected chi connectivity index (χ0v) is 6.90. The third-order valence-electron chi connectivity index (χ3n) is 2.84. The molecule has 2 nitrogen and oxygen atoms in total. The van der Waals surface area contributed by atoms with Gasteiger partial charge in [-0.3, -0.25) is 0 Å². The van der Waals surface area contributed by atoms with Crippen LogP contribution >= 0.6 is 0 Å². The summed E-state index contributed by atoms with van der Waals surface area (Å²) in [6, 6.07) is 0. The van der Waals surface area contributed by atoms with E-state index >= 15 is 0 Å². The van der Waals surface area contributed by atoms with Crippen molar-refractivity contribution in [1.82, 2.24) is 10.6 Å². The quantitative estimate of drug-likeness (QED) is 0.547. The lowest BCUT2D eigenvalue weighted by molar-refractivity contribution is 0.245. The third kappa shape index (κ3) is 1.35. The molecule has 1 spiro atoms. The molecule has 2 heteroatoms. The second-order valence-corrected chi connectivity index (χ2v) is 3.70. The standard InChI is InChI=1S/C9H16N2/c1-2-4-9(5-3-1)8-10-6-7-11-9/h6-7,10-11H,1-5,8H2. The van der Waals surface area contributed by atoms with Gasteiger partial charge in [-0.15, -0.1) is 0 Å². The summed E-state index contributed by atoms with van der Waals surface area (Å²) in [6.45, 7) is 1.11. The molecule has 1 aliphatic heterocycles. The van der Waals surface area contributed by atoms with E-state index in [1.54, 1.807) is 0 Å². The zero-order chi connectivity index (χ0) is 7.57. The van der Waals surface area contributed by atoms with Gasteiger partial charge >= 0.3 is 0 Å². The van der Waals surface area contributed by atoms with E-state index in [-0.39, 0.29) is 0 Å². The van der Waals surface area contributed by atoms with E-state index in [2.05, 4.69) is 16.8 Å². The van der Waals surface area contributed by atoms with Crippen LogP contribution in [0.3, 0.4) is 0 Å². The van der Waals surface area contributed by atoms with Crippen molar-refractivity contribution >= 4 is 0 Å². The zero-order valence-electron chi connectivity index (χ0n) is 6.90. The van der Waals surface area contributed by atoms with Gasteiger partial charge in [-0.25, -0.2) is 0 Å². The maximum Gasteiger partial charge on any atom is 0.0540 e. The molecule has 0 saturated heterocycles. The summed E-state index contributed by atoms with van der Waals surface area (Å²) >= 11 is 0. The minimum atomic E-state index is 0.410. The van der Waals surface area contributed by atoms with Crippen molar-refractivity contribution in [2.45, 2.75) is 37.6 Å². The van der Waals surface area contributed by atoms with Crippen LogP contribution < -0.4 is 10.6 Å². The minimum Gasteiger partial charge on any atom is -0.387 e. The summed E-state index contributed by atoms with van der Waals surface area (Å²) in [5.74, 6) is 0. The Kier molecular flexibility index (Phi) is 1.76. The predicted octanol–water partition coefficient (Wildman–Crippen LogP) is 1.35. The first-order valence-electron chi connectivity index (χ1n) is 4.57. The molecule has 62 valence electrons. The van der Waals surface area contributed by atoms with Crippen molar-refractivity contribution in [3.8, 4) is 0 Å². The van der Waals surface area contributed by atoms with E-state index in [0.29, 0.717) is 5.54 Å². The van der Waals surface area contributed by atoms with Gasteiger partial charge in [0.25, 0.3) is 0 Å². The van der Waals surface area contributed by atoms with Gasteiger partial charge in [0.15, 0.2) is 0 Å². The van der Waals surface area contributed by atoms with Crippen LogP contribution in [0, 0.1) is 0 Å². The van der Waals surface area contributed by atoms with Gasteiger partial charge in [-0.05, 0) is 12.8 Å². The van der Waals surface area contributed by atoms with Gasteiger partial charge in [-0.2, -0.15) is 0 Å². The van der Waals surface area contributed by atoms with Crippen LogP contribution in [0.15, 0.2) is 12.4 Å². The minimum absolute atomic E-state index is 0.410. The van der Waals surface area contributed by atoms with Crippen LogP contribution in [0.25, 0.3) is 0 Å². The first kappa shape index (κ1) is 7.01. The number of rotatable bonds is 0. The van der Waals surface area contributed by atoms with E-state index in [4.69, 9.17) is 0 Å². The Morgan fingerprint density at radius 2 is 1.82 bits per heavy atom. The molecule has 2 rings (SSSR count). The first-order valence-corrected chi connectivity index (χ1v) is 4.57. The van der Waals surface area contributed by atoms with Crippen LogP contribution in [0.1, 0.15) is 32.1 Å². The number of nitrogens with one attached hydrogen (secondary N) is 2. The summed E-state index contributed by atoms with van der Waals surface area (Å²) in [5.41, 5.74) is 0.410. The maximum absolute atomic E-state index is 3.49. The highest BCUT2D eigenvalue weighted by Gasteiger charge is 2.31. The monoisotopic (exact) mass is 152 g/mol. The predicted molar refractivity (Wildman–Crippen MR) is 46.1 cm³/mol. The molecule has 1 fully saturated rings. The molecular weight excluding hydrogens is 136 g/mol. The molecule has 0 bridgehead atoms. The van der Waals surface area contributed by atoms with Crippen molar-refractivity contribution < 1.29 is 0 Å². The smallest absolute Gasteiger partial charge is 0.0540 e. The molecule has 1 aliphatic carbocycles. The van der Waals surface area contributed by atoms with E-state index in [9.17, 15) is 0 Å². The fourth-order valence-electron chi connectivity index (χ4n) is 2.13. The van der Waals surface area contributed by atoms with Gasteiger partial charge in [0.2, 0.25) is 0 Å². The molecule has 0 radical (unpaired) electrons. The highest BCUT2D eigenvalue weighted by molar-refractivity contribution is 5.02. The van der Waals surface area contributed by atoms with Crippen molar-refractivity contribution in [2.24, 2.45) is 0 Å². The summed E-state index contributed by atoms with van der Waals surface area (Å²) in [6.07, 6.45) is 10.9. The molecule has 2 N–H and O–H groups in total. The Morgan fingerprint density at radius 3 is 2.45 bits per heavy atom. The van der Waals surface area contributed by atoms with Crippen LogP contribution in [-0.4, -0.2) is 12.1 Å². The van der Waals surface area contributed by atoms with Crippen LogP contribution in [0.2, 0.25) is 0 Å². The second-order valence-electron chi connectivity index (χ2n) is 3.70. The fourth-order valence-corrected chi connectivity index (χ4v) is 2.13. The highest BCUT2D eigenvalue weighted by Crippen LogP contribution is 2.28. The molecule has 0 atom stereocenters. The summed E-state index contributed by atoms with van der Waals surface area (Å²) in [5, 5.41) is 6.79. The molecule has 2 aliphatic rings. The van der Waals surface area contributed by atoms with Gasteiger partial charge in [-0.1, -0.05) is 19.3 Å². The molecule has 0 unspecified atom stereocenters. The fraction of sp³-hybridized carbons (Fsp3) is 0.778. The van der Waals surface area contributed by atoms with Gasteiger partial charge in [0, 0.05) is 18.9 Å². The van der Waals surface area contributed by atoms with Crippen LogP contribution in [-0.2, 0) is 0 Å². The lowest BCUT2D eigenvalue weighted by Gasteiger charge is -2.39. The topological polar surface area (TPSA) is 24.1 Å². The van der Waals surface area contributed by atoms with E-state index < -0.39 is 0 Å². The van der Waals surface area contributed by atoms with Crippen molar-refractivity contribution in [1.29, 1.82) is 0 Å². The van der Waals surface area contributed by atoms with Gasteiger partial charge in [0.1, 0.15) is 0 Å². The largest absolute Gasteiger partial charge is 0.387 e. The average molecular weight is 152 g/mol. The Morgan fingerprint density at radius 1 is 1.00 bits per heavy atom. The van der Waals surface area contributed by atoms with Crippen molar-refractivity contribution in [3.05, 3.63) is 12.4 Å². The lowest BCUT2D eigenvalue weighted by Crippen LogP contribution is -2.53. The van der Waals surface area contributed by atoms with Crippen LogP contribution in [0.5, 0.6) is 0 Å². The Balaban J connectivity index is 2.01. The molecule has 0 amide bonds. The summed E-state index contributed by atoms with van der Waals surface area (Å²) in [7, 11) is 0. The Bertz CT molecular complexity index is 157. The first-order chi connectivity index (χ1) is 5.41. The molecule has 1 heterocycles. The van der Waals surface area contributed by atoms with Crippen molar-refractivity contribution in [2.75, 3.05) is 6.54 Å². The highest BCUT2D eigenvalue weighted by atomic mass is 15.1. The van der Waals surface area contributed by atoms with Crippen LogP contribution in [0.4, 0.5) is 0 Å². The number of hydrogen-bond acceptors (Lipinski definition) is 2.